The molecule has 228 valence electrons. The number of rotatable bonds is 7. The second-order valence-electron chi connectivity index (χ2n) is 14.5. The Balaban J connectivity index is 1.43. The fraction of sp³-hybridized carbons (Fsp3) is 0.719. The van der Waals surface area contributed by atoms with Gasteiger partial charge in [0, 0.05) is 44.4 Å². The maximum Gasteiger partial charge on any atom is 0.416 e. The summed E-state index contributed by atoms with van der Waals surface area (Å²) in [6.07, 6.45) is 11.2. The Morgan fingerprint density at radius 2 is 1.85 bits per heavy atom. The second-order valence-corrected chi connectivity index (χ2v) is 14.5. The number of aromatic nitrogens is 1. The van der Waals surface area contributed by atoms with Crippen LogP contribution in [0.1, 0.15) is 99.0 Å². The molecule has 2 atom stereocenters. The number of ether oxygens (including phenoxy) is 2. The zero-order chi connectivity index (χ0) is 29.8. The van der Waals surface area contributed by atoms with Crippen molar-refractivity contribution in [1.82, 2.24) is 15.4 Å². The van der Waals surface area contributed by atoms with Crippen molar-refractivity contribution in [2.24, 2.45) is 10.8 Å². The maximum absolute atomic E-state index is 13.5. The quantitative estimate of drug-likeness (QED) is 0.313. The summed E-state index contributed by atoms with van der Waals surface area (Å²) in [7, 11) is 0. The lowest BCUT2D eigenvalue weighted by Gasteiger charge is -2.48. The van der Waals surface area contributed by atoms with Crippen LogP contribution < -0.4 is 10.4 Å². The molecule has 0 aromatic carbocycles. The summed E-state index contributed by atoms with van der Waals surface area (Å²) in [5.41, 5.74) is 3.14. The number of likely N-dealkylation sites (tertiary alicyclic amines) is 1. The minimum absolute atomic E-state index is 0.0307. The normalized spacial score (nSPS) is 25.2. The van der Waals surface area contributed by atoms with Gasteiger partial charge in [0.05, 0.1) is 6.04 Å². The van der Waals surface area contributed by atoms with Crippen molar-refractivity contribution in [2.45, 2.75) is 117 Å². The molecule has 0 spiro atoms. The molecule has 1 aliphatic carbocycles. The van der Waals surface area contributed by atoms with E-state index in [2.05, 4.69) is 43.1 Å². The van der Waals surface area contributed by atoms with E-state index in [9.17, 15) is 9.59 Å². The number of carbonyl (C=O) groups excluding carboxylic acids is 2. The minimum Gasteiger partial charge on any atom is -0.443 e. The summed E-state index contributed by atoms with van der Waals surface area (Å²) in [5, 5.41) is 0. The number of nitrogens with zero attached hydrogens (tertiary/aromatic N) is 3. The number of pyridine rings is 1. The lowest BCUT2D eigenvalue weighted by atomic mass is 9.63. The highest BCUT2D eigenvalue weighted by molar-refractivity contribution is 5.91. The molecule has 0 radical (unpaired) electrons. The third-order valence-corrected chi connectivity index (χ3v) is 8.07. The largest absolute Gasteiger partial charge is 0.443 e. The molecule has 1 aromatic heterocycles. The van der Waals surface area contributed by atoms with Crippen molar-refractivity contribution < 1.29 is 23.9 Å². The molecule has 3 aliphatic rings. The molecule has 2 amide bonds. The number of hydrogen-bond donors (Lipinski definition) is 1. The first-order chi connectivity index (χ1) is 19.2. The maximum atomic E-state index is 13.5. The Kier molecular flexibility index (Phi) is 9.81. The van der Waals surface area contributed by atoms with Gasteiger partial charge in [-0.15, -0.1) is 0 Å². The molecule has 41 heavy (non-hydrogen) atoms. The average Bonchev–Trinajstić information content (AvgIpc) is 3.35. The summed E-state index contributed by atoms with van der Waals surface area (Å²) in [5.74, 6) is 0.175. The Bertz CT molecular complexity index is 1060. The molecule has 1 aromatic rings. The standard InChI is InChI=1S/C32H50N4O5/c1-30(2,3)40-29(38)36(24-15-16-35(21-24)25-18-31(4,5)22-32(6,7)19-25)26-13-11-23(20-33-26)12-14-27(37)34-41-28-10-8-9-17-39-28/h11-14,20,24-25,28H,8-10,15-19,21-22H2,1-7H3,(H,34,37)/b14-12+/t24-,28?/m1/s1. The molecular formula is C32H50N4O5. The van der Waals surface area contributed by atoms with E-state index in [1.165, 1.54) is 25.3 Å². The number of carbonyl (C=O) groups is 2. The predicted molar refractivity (Wildman–Crippen MR) is 160 cm³/mol. The van der Waals surface area contributed by atoms with E-state index >= 15 is 0 Å². The van der Waals surface area contributed by atoms with Crippen LogP contribution in [0.2, 0.25) is 0 Å². The summed E-state index contributed by atoms with van der Waals surface area (Å²) in [6.45, 7) is 17.5. The van der Waals surface area contributed by atoms with Crippen molar-refractivity contribution in [3.05, 3.63) is 30.0 Å². The SMILES string of the molecule is CC1(C)CC(N2CC[C@@H](N(C(=O)OC(C)(C)C)c3ccc(/C=C/C(=O)NOC4CCCCO4)cn3)C2)CC(C)(C)C1. The first-order valence-electron chi connectivity index (χ1n) is 15.2. The monoisotopic (exact) mass is 570 g/mol. The van der Waals surface area contributed by atoms with Gasteiger partial charge in [-0.1, -0.05) is 27.7 Å². The van der Waals surface area contributed by atoms with Gasteiger partial charge in [-0.05, 0) is 93.9 Å². The molecule has 2 saturated heterocycles. The van der Waals surface area contributed by atoms with Gasteiger partial charge in [0.15, 0.2) is 6.29 Å². The highest BCUT2D eigenvalue weighted by atomic mass is 16.8. The lowest BCUT2D eigenvalue weighted by Crippen LogP contribution is -2.48. The van der Waals surface area contributed by atoms with E-state index in [1.807, 2.05) is 32.9 Å². The van der Waals surface area contributed by atoms with E-state index in [1.54, 1.807) is 17.2 Å². The van der Waals surface area contributed by atoms with Crippen LogP contribution in [0, 0.1) is 10.8 Å². The Morgan fingerprint density at radius 3 is 2.46 bits per heavy atom. The molecule has 9 nitrogen and oxygen atoms in total. The topological polar surface area (TPSA) is 93.2 Å². The predicted octanol–water partition coefficient (Wildman–Crippen LogP) is 6.09. The molecule has 4 rings (SSSR count). The molecule has 9 heteroatoms. The first kappa shape index (κ1) is 31.4. The number of anilines is 1. The van der Waals surface area contributed by atoms with Crippen LogP contribution >= 0.6 is 0 Å². The molecule has 1 saturated carbocycles. The summed E-state index contributed by atoms with van der Waals surface area (Å²) in [6, 6.07) is 4.15. The second kappa shape index (κ2) is 12.8. The van der Waals surface area contributed by atoms with E-state index in [4.69, 9.17) is 14.3 Å². The fourth-order valence-corrected chi connectivity index (χ4v) is 6.87. The van der Waals surface area contributed by atoms with Gasteiger partial charge in [-0.3, -0.25) is 14.6 Å². The lowest BCUT2D eigenvalue weighted by molar-refractivity contribution is -0.198. The van der Waals surface area contributed by atoms with Gasteiger partial charge >= 0.3 is 6.09 Å². The van der Waals surface area contributed by atoms with Crippen molar-refractivity contribution in [1.29, 1.82) is 0 Å². The smallest absolute Gasteiger partial charge is 0.416 e. The molecule has 3 fully saturated rings. The number of nitrogens with one attached hydrogen (secondary N) is 1. The summed E-state index contributed by atoms with van der Waals surface area (Å²) >= 11 is 0. The fourth-order valence-electron chi connectivity index (χ4n) is 6.87. The number of hydroxylamine groups is 1. The highest BCUT2D eigenvalue weighted by Gasteiger charge is 2.44. The van der Waals surface area contributed by atoms with E-state index < -0.39 is 11.9 Å². The zero-order valence-electron chi connectivity index (χ0n) is 26.1. The molecular weight excluding hydrogens is 520 g/mol. The summed E-state index contributed by atoms with van der Waals surface area (Å²) in [4.78, 5) is 39.9. The van der Waals surface area contributed by atoms with Crippen LogP contribution in [0.5, 0.6) is 0 Å². The van der Waals surface area contributed by atoms with Gasteiger partial charge in [0.25, 0.3) is 5.91 Å². The molecule has 3 heterocycles. The van der Waals surface area contributed by atoms with Crippen LogP contribution in [-0.2, 0) is 19.1 Å². The van der Waals surface area contributed by atoms with E-state index in [0.29, 0.717) is 29.3 Å². The third-order valence-electron chi connectivity index (χ3n) is 8.07. The zero-order valence-corrected chi connectivity index (χ0v) is 26.1. The number of hydrogen-bond acceptors (Lipinski definition) is 7. The minimum atomic E-state index is -0.619. The number of amides is 2. The van der Waals surface area contributed by atoms with Crippen molar-refractivity contribution in [3.63, 3.8) is 0 Å². The van der Waals surface area contributed by atoms with Gasteiger partial charge in [0.2, 0.25) is 0 Å². The van der Waals surface area contributed by atoms with Crippen molar-refractivity contribution >= 4 is 23.9 Å². The van der Waals surface area contributed by atoms with Gasteiger partial charge in [-0.2, -0.15) is 0 Å². The van der Waals surface area contributed by atoms with E-state index in [-0.39, 0.29) is 18.0 Å². The summed E-state index contributed by atoms with van der Waals surface area (Å²) < 4.78 is 11.3. The van der Waals surface area contributed by atoms with Crippen molar-refractivity contribution in [3.8, 4) is 0 Å². The van der Waals surface area contributed by atoms with Crippen LogP contribution in [0.15, 0.2) is 24.4 Å². The molecule has 2 aliphatic heterocycles. The molecule has 1 N–H and O–H groups in total. The van der Waals surface area contributed by atoms with Crippen LogP contribution in [0.3, 0.4) is 0 Å². The van der Waals surface area contributed by atoms with Crippen molar-refractivity contribution in [2.75, 3.05) is 24.6 Å². The average molecular weight is 571 g/mol. The Hall–Kier alpha value is -2.49. The highest BCUT2D eigenvalue weighted by Crippen LogP contribution is 2.47. The molecule has 0 bridgehead atoms. The van der Waals surface area contributed by atoms with Crippen LogP contribution in [0.4, 0.5) is 10.6 Å². The van der Waals surface area contributed by atoms with Crippen LogP contribution in [0.25, 0.3) is 6.08 Å². The van der Waals surface area contributed by atoms with Gasteiger partial charge in [-0.25, -0.2) is 20.1 Å². The Morgan fingerprint density at radius 1 is 1.12 bits per heavy atom. The van der Waals surface area contributed by atoms with Gasteiger partial charge in [0.1, 0.15) is 11.4 Å². The third kappa shape index (κ3) is 9.25. The first-order valence-corrected chi connectivity index (χ1v) is 15.2. The van der Waals surface area contributed by atoms with Gasteiger partial charge < -0.3 is 9.47 Å². The van der Waals surface area contributed by atoms with E-state index in [0.717, 1.165) is 44.3 Å². The van der Waals surface area contributed by atoms with Crippen LogP contribution in [-0.4, -0.2) is 65.6 Å². The molecule has 1 unspecified atom stereocenters. The Labute approximate surface area is 245 Å².